The Balaban J connectivity index is 1.46. The molecule has 1 fully saturated rings. The third kappa shape index (κ3) is 4.43. The Kier molecular flexibility index (Phi) is 5.83. The molecule has 0 saturated carbocycles. The Bertz CT molecular complexity index is 984. The molecule has 0 bridgehead atoms. The molecule has 3 aromatic rings. The highest BCUT2D eigenvalue weighted by Crippen LogP contribution is 2.29. The Labute approximate surface area is 176 Å². The second kappa shape index (κ2) is 8.51. The lowest BCUT2D eigenvalue weighted by Gasteiger charge is -2.33. The van der Waals surface area contributed by atoms with E-state index in [-0.39, 0.29) is 5.91 Å². The van der Waals surface area contributed by atoms with Crippen molar-refractivity contribution in [3.05, 3.63) is 63.7 Å². The molecule has 0 atom stereocenters. The van der Waals surface area contributed by atoms with Crippen molar-refractivity contribution in [1.29, 1.82) is 0 Å². The molecule has 1 aromatic carbocycles. The molecule has 6 heteroatoms. The van der Waals surface area contributed by atoms with Crippen molar-refractivity contribution in [2.24, 2.45) is 0 Å². The number of carbonyl (C=O) groups excluding carboxylic acids is 1. The van der Waals surface area contributed by atoms with E-state index in [0.29, 0.717) is 0 Å². The summed E-state index contributed by atoms with van der Waals surface area (Å²) in [5.74, 6) is 0.173. The minimum Gasteiger partial charge on any atom is -0.344 e. The van der Waals surface area contributed by atoms with Gasteiger partial charge in [-0.15, -0.1) is 11.3 Å². The fourth-order valence-corrected chi connectivity index (χ4v) is 4.82. The van der Waals surface area contributed by atoms with Gasteiger partial charge in [0, 0.05) is 62.0 Å². The van der Waals surface area contributed by atoms with Gasteiger partial charge in [0.2, 0.25) is 5.91 Å². The topological polar surface area (TPSA) is 41.4 Å². The average molecular weight is 409 g/mol. The number of hydrogen-bond donors (Lipinski definition) is 0. The lowest BCUT2D eigenvalue weighted by atomic mass is 10.2. The first-order chi connectivity index (χ1) is 14.0. The van der Waals surface area contributed by atoms with Gasteiger partial charge in [0.25, 0.3) is 0 Å². The molecule has 3 heterocycles. The van der Waals surface area contributed by atoms with Gasteiger partial charge < -0.3 is 9.47 Å². The summed E-state index contributed by atoms with van der Waals surface area (Å²) in [6, 6.07) is 12.8. The maximum absolute atomic E-state index is 11.5. The van der Waals surface area contributed by atoms with Crippen molar-refractivity contribution in [3.8, 4) is 11.3 Å². The number of amides is 1. The molecule has 1 aliphatic heterocycles. The van der Waals surface area contributed by atoms with Gasteiger partial charge in [-0.3, -0.25) is 9.69 Å². The first kappa shape index (κ1) is 19.9. The van der Waals surface area contributed by atoms with Crippen LogP contribution in [0.2, 0.25) is 0 Å². The second-order valence-electron chi connectivity index (χ2n) is 7.77. The summed E-state index contributed by atoms with van der Waals surface area (Å²) in [4.78, 5) is 20.7. The molecule has 0 N–H and O–H groups in total. The number of benzene rings is 1. The summed E-state index contributed by atoms with van der Waals surface area (Å²) in [6.45, 7) is 11.2. The van der Waals surface area contributed by atoms with Crippen LogP contribution in [0.4, 0.5) is 0 Å². The minimum atomic E-state index is 0.173. The number of aryl methyl sites for hydroxylation is 1. The second-order valence-corrected chi connectivity index (χ2v) is 8.71. The van der Waals surface area contributed by atoms with Crippen LogP contribution in [-0.4, -0.2) is 51.4 Å². The van der Waals surface area contributed by atoms with Crippen LogP contribution < -0.4 is 0 Å². The van der Waals surface area contributed by atoms with Crippen molar-refractivity contribution in [3.63, 3.8) is 0 Å². The van der Waals surface area contributed by atoms with Crippen molar-refractivity contribution in [2.75, 3.05) is 26.2 Å². The first-order valence-corrected chi connectivity index (χ1v) is 11.0. The van der Waals surface area contributed by atoms with Crippen molar-refractivity contribution < 1.29 is 4.79 Å². The smallest absolute Gasteiger partial charge is 0.219 e. The lowest BCUT2D eigenvalue weighted by molar-refractivity contribution is -0.130. The summed E-state index contributed by atoms with van der Waals surface area (Å²) in [7, 11) is 0. The zero-order valence-corrected chi connectivity index (χ0v) is 18.2. The van der Waals surface area contributed by atoms with E-state index in [0.717, 1.165) is 50.0 Å². The molecular weight excluding hydrogens is 380 g/mol. The molecular formula is C23H28N4OS. The molecule has 4 rings (SSSR count). The molecule has 0 radical (unpaired) electrons. The van der Waals surface area contributed by atoms with Crippen LogP contribution in [0.25, 0.3) is 11.3 Å². The summed E-state index contributed by atoms with van der Waals surface area (Å²) >= 11 is 1.73. The van der Waals surface area contributed by atoms with Gasteiger partial charge in [-0.2, -0.15) is 0 Å². The van der Waals surface area contributed by atoms with E-state index in [1.165, 1.54) is 22.5 Å². The minimum absolute atomic E-state index is 0.173. The number of carbonyl (C=O) groups is 1. The third-order valence-corrected chi connectivity index (χ3v) is 6.59. The highest BCUT2D eigenvalue weighted by atomic mass is 32.1. The van der Waals surface area contributed by atoms with Gasteiger partial charge in [-0.05, 0) is 25.5 Å². The molecule has 29 heavy (non-hydrogen) atoms. The Morgan fingerprint density at radius 2 is 1.79 bits per heavy atom. The number of aromatic nitrogens is 2. The van der Waals surface area contributed by atoms with Crippen molar-refractivity contribution in [1.82, 2.24) is 19.4 Å². The monoisotopic (exact) mass is 408 g/mol. The summed E-state index contributed by atoms with van der Waals surface area (Å²) in [5.41, 5.74) is 6.13. The molecule has 0 spiro atoms. The lowest BCUT2D eigenvalue weighted by Crippen LogP contribution is -2.47. The van der Waals surface area contributed by atoms with Gasteiger partial charge in [0.1, 0.15) is 5.01 Å². The fourth-order valence-electron chi connectivity index (χ4n) is 3.99. The van der Waals surface area contributed by atoms with E-state index >= 15 is 0 Å². The van der Waals surface area contributed by atoms with Gasteiger partial charge in [-0.25, -0.2) is 4.98 Å². The number of rotatable bonds is 5. The van der Waals surface area contributed by atoms with E-state index in [1.54, 1.807) is 18.3 Å². The fraction of sp³-hybridized carbons (Fsp3) is 0.391. The van der Waals surface area contributed by atoms with Crippen molar-refractivity contribution >= 4 is 17.2 Å². The largest absolute Gasteiger partial charge is 0.344 e. The van der Waals surface area contributed by atoms with Gasteiger partial charge >= 0.3 is 0 Å². The standard InChI is InChI=1S/C23H28N4OS/c1-17-13-21(18(2)27(17)14-20-7-5-4-6-8-20)22-16-29-23(24-22)15-25-9-11-26(12-10-25)19(3)28/h4-8,13,16H,9-12,14-15H2,1-3H3. The first-order valence-electron chi connectivity index (χ1n) is 10.1. The molecule has 1 amide bonds. The zero-order chi connectivity index (χ0) is 20.4. The van der Waals surface area contributed by atoms with E-state index in [2.05, 4.69) is 65.1 Å². The normalized spacial score (nSPS) is 15.1. The maximum Gasteiger partial charge on any atom is 0.219 e. The molecule has 152 valence electrons. The Morgan fingerprint density at radius 1 is 1.07 bits per heavy atom. The van der Waals surface area contributed by atoms with Crippen LogP contribution in [0, 0.1) is 13.8 Å². The Hall–Kier alpha value is -2.44. The molecule has 0 aliphatic carbocycles. The quantitative estimate of drug-likeness (QED) is 0.642. The zero-order valence-electron chi connectivity index (χ0n) is 17.4. The molecule has 0 unspecified atom stereocenters. The van der Waals surface area contributed by atoms with Crippen molar-refractivity contribution in [2.45, 2.75) is 33.9 Å². The van der Waals surface area contributed by atoms with Gasteiger partial charge in [-0.1, -0.05) is 30.3 Å². The van der Waals surface area contributed by atoms with Crippen LogP contribution in [0.5, 0.6) is 0 Å². The summed E-state index contributed by atoms with van der Waals surface area (Å²) in [5, 5.41) is 3.32. The molecule has 2 aromatic heterocycles. The third-order valence-electron chi connectivity index (χ3n) is 5.76. The van der Waals surface area contributed by atoms with Crippen LogP contribution in [0.1, 0.15) is 28.9 Å². The van der Waals surface area contributed by atoms with Crippen LogP contribution in [0.15, 0.2) is 41.8 Å². The number of thiazole rings is 1. The summed E-state index contributed by atoms with van der Waals surface area (Å²) in [6.07, 6.45) is 0. The van der Waals surface area contributed by atoms with Gasteiger partial charge in [0.05, 0.1) is 12.2 Å². The van der Waals surface area contributed by atoms with E-state index in [9.17, 15) is 4.79 Å². The number of nitrogens with zero attached hydrogens (tertiary/aromatic N) is 4. The maximum atomic E-state index is 11.5. The van der Waals surface area contributed by atoms with Crippen LogP contribution >= 0.6 is 11.3 Å². The van der Waals surface area contributed by atoms with Gasteiger partial charge in [0.15, 0.2) is 0 Å². The number of piperazine rings is 1. The average Bonchev–Trinajstić information content (AvgIpc) is 3.29. The SMILES string of the molecule is CC(=O)N1CCN(Cc2nc(-c3cc(C)n(Cc4ccccc4)c3C)cs2)CC1. The van der Waals surface area contributed by atoms with Crippen LogP contribution in [0.3, 0.4) is 0 Å². The van der Waals surface area contributed by atoms with E-state index in [4.69, 9.17) is 4.98 Å². The molecule has 5 nitrogen and oxygen atoms in total. The number of hydrogen-bond acceptors (Lipinski definition) is 4. The predicted molar refractivity (Wildman–Crippen MR) is 118 cm³/mol. The highest BCUT2D eigenvalue weighted by Gasteiger charge is 2.20. The summed E-state index contributed by atoms with van der Waals surface area (Å²) < 4.78 is 2.37. The molecule has 1 saturated heterocycles. The van der Waals surface area contributed by atoms with E-state index in [1.807, 2.05) is 4.90 Å². The van der Waals surface area contributed by atoms with E-state index < -0.39 is 0 Å². The Morgan fingerprint density at radius 3 is 2.48 bits per heavy atom. The van der Waals surface area contributed by atoms with Crippen LogP contribution in [-0.2, 0) is 17.9 Å². The highest BCUT2D eigenvalue weighted by molar-refractivity contribution is 7.09. The molecule has 1 aliphatic rings. The predicted octanol–water partition coefficient (Wildman–Crippen LogP) is 3.94.